The average Bonchev–Trinajstić information content (AvgIpc) is 3.21. The Kier molecular flexibility index (Phi) is 5.62. The second-order valence-corrected chi connectivity index (χ2v) is 6.98. The molecule has 0 aliphatic carbocycles. The van der Waals surface area contributed by atoms with Gasteiger partial charge in [-0.25, -0.2) is 4.98 Å². The van der Waals surface area contributed by atoms with Crippen molar-refractivity contribution in [2.24, 2.45) is 5.92 Å². The van der Waals surface area contributed by atoms with E-state index in [9.17, 15) is 14.4 Å². The summed E-state index contributed by atoms with van der Waals surface area (Å²) in [6, 6.07) is 9.30. The van der Waals surface area contributed by atoms with Crippen molar-refractivity contribution in [1.82, 2.24) is 10.3 Å². The van der Waals surface area contributed by atoms with Crippen LogP contribution >= 0.6 is 11.3 Å². The molecule has 0 radical (unpaired) electrons. The van der Waals surface area contributed by atoms with Crippen molar-refractivity contribution in [1.29, 1.82) is 0 Å². The zero-order valence-electron chi connectivity index (χ0n) is 14.4. The number of hydrogen-bond acceptors (Lipinski definition) is 5. The lowest BCUT2D eigenvalue weighted by atomic mass is 10.1. The molecule has 1 saturated heterocycles. The number of carbonyl (C=O) groups is 3. The van der Waals surface area contributed by atoms with E-state index in [4.69, 9.17) is 0 Å². The minimum absolute atomic E-state index is 0.0618. The SMILES string of the molecule is Cc1csc(NC(=O)CCNC(=O)C2CC(=O)N(c3ccccc3)C2)n1. The highest BCUT2D eigenvalue weighted by atomic mass is 32.1. The van der Waals surface area contributed by atoms with Gasteiger partial charge in [0.05, 0.1) is 11.6 Å². The van der Waals surface area contributed by atoms with Crippen LogP contribution in [0.4, 0.5) is 10.8 Å². The number of rotatable bonds is 6. The zero-order chi connectivity index (χ0) is 18.5. The zero-order valence-corrected chi connectivity index (χ0v) is 15.2. The molecule has 1 unspecified atom stereocenters. The van der Waals surface area contributed by atoms with Gasteiger partial charge in [0.15, 0.2) is 5.13 Å². The van der Waals surface area contributed by atoms with E-state index in [1.165, 1.54) is 11.3 Å². The summed E-state index contributed by atoms with van der Waals surface area (Å²) in [6.07, 6.45) is 0.346. The molecule has 1 aromatic carbocycles. The first-order valence-electron chi connectivity index (χ1n) is 8.38. The largest absolute Gasteiger partial charge is 0.355 e. The minimum atomic E-state index is -0.396. The maximum absolute atomic E-state index is 12.3. The highest BCUT2D eigenvalue weighted by Crippen LogP contribution is 2.24. The third-order valence-electron chi connectivity index (χ3n) is 4.08. The summed E-state index contributed by atoms with van der Waals surface area (Å²) in [6.45, 7) is 2.44. The predicted octanol–water partition coefficient (Wildman–Crippen LogP) is 1.95. The molecule has 2 N–H and O–H groups in total. The molecule has 2 aromatic rings. The highest BCUT2D eigenvalue weighted by molar-refractivity contribution is 7.13. The topological polar surface area (TPSA) is 91.4 Å². The second-order valence-electron chi connectivity index (χ2n) is 6.12. The fourth-order valence-corrected chi connectivity index (χ4v) is 3.48. The van der Waals surface area contributed by atoms with E-state index in [1.54, 1.807) is 4.90 Å². The van der Waals surface area contributed by atoms with Crippen LogP contribution in [0, 0.1) is 12.8 Å². The third-order valence-corrected chi connectivity index (χ3v) is 4.96. The highest BCUT2D eigenvalue weighted by Gasteiger charge is 2.34. The molecule has 136 valence electrons. The fraction of sp³-hybridized carbons (Fsp3) is 0.333. The Morgan fingerprint density at radius 3 is 2.77 bits per heavy atom. The first-order valence-corrected chi connectivity index (χ1v) is 9.26. The van der Waals surface area contributed by atoms with Gasteiger partial charge >= 0.3 is 0 Å². The maximum Gasteiger partial charge on any atom is 0.227 e. The van der Waals surface area contributed by atoms with Crippen molar-refractivity contribution in [3.8, 4) is 0 Å². The number of thiazole rings is 1. The monoisotopic (exact) mass is 372 g/mol. The van der Waals surface area contributed by atoms with Crippen LogP contribution in [0.2, 0.25) is 0 Å². The summed E-state index contributed by atoms with van der Waals surface area (Å²) in [7, 11) is 0. The molecule has 0 bridgehead atoms. The predicted molar refractivity (Wildman–Crippen MR) is 100 cm³/mol. The van der Waals surface area contributed by atoms with Crippen LogP contribution in [0.15, 0.2) is 35.7 Å². The van der Waals surface area contributed by atoms with E-state index >= 15 is 0 Å². The number of hydrogen-bond donors (Lipinski definition) is 2. The number of carbonyl (C=O) groups excluding carboxylic acids is 3. The van der Waals surface area contributed by atoms with Crippen molar-refractivity contribution in [2.45, 2.75) is 19.8 Å². The maximum atomic E-state index is 12.3. The molecule has 26 heavy (non-hydrogen) atoms. The Morgan fingerprint density at radius 1 is 1.31 bits per heavy atom. The first kappa shape index (κ1) is 18.1. The Balaban J connectivity index is 1.44. The number of aromatic nitrogens is 1. The quantitative estimate of drug-likeness (QED) is 0.811. The summed E-state index contributed by atoms with van der Waals surface area (Å²) >= 11 is 1.36. The van der Waals surface area contributed by atoms with E-state index < -0.39 is 5.92 Å². The summed E-state index contributed by atoms with van der Waals surface area (Å²) in [5.41, 5.74) is 1.65. The Morgan fingerprint density at radius 2 is 2.08 bits per heavy atom. The summed E-state index contributed by atoms with van der Waals surface area (Å²) in [5.74, 6) is -0.858. The van der Waals surface area contributed by atoms with Crippen molar-refractivity contribution in [2.75, 3.05) is 23.3 Å². The van der Waals surface area contributed by atoms with E-state index in [2.05, 4.69) is 15.6 Å². The number of benzene rings is 1. The van der Waals surface area contributed by atoms with E-state index in [0.29, 0.717) is 11.7 Å². The Bertz CT molecular complexity index is 806. The van der Waals surface area contributed by atoms with Gasteiger partial charge < -0.3 is 15.5 Å². The number of amides is 3. The molecular formula is C18H20N4O3S. The summed E-state index contributed by atoms with van der Waals surface area (Å²) in [5, 5.41) is 7.85. The number of aryl methyl sites for hydroxylation is 1. The van der Waals surface area contributed by atoms with Gasteiger partial charge in [0.2, 0.25) is 17.7 Å². The average molecular weight is 372 g/mol. The van der Waals surface area contributed by atoms with Crippen LogP contribution in [0.1, 0.15) is 18.5 Å². The Labute approximate surface area is 155 Å². The number of anilines is 2. The van der Waals surface area contributed by atoms with Crippen LogP contribution in [-0.2, 0) is 14.4 Å². The van der Waals surface area contributed by atoms with Crippen molar-refractivity contribution in [3.05, 3.63) is 41.4 Å². The molecule has 0 spiro atoms. The van der Waals surface area contributed by atoms with Gasteiger partial charge in [-0.3, -0.25) is 14.4 Å². The molecule has 2 heterocycles. The Hall–Kier alpha value is -2.74. The van der Waals surface area contributed by atoms with Crippen LogP contribution < -0.4 is 15.5 Å². The lowest BCUT2D eigenvalue weighted by Crippen LogP contribution is -2.34. The minimum Gasteiger partial charge on any atom is -0.355 e. The van der Waals surface area contributed by atoms with Crippen LogP contribution in [-0.4, -0.2) is 35.8 Å². The van der Waals surface area contributed by atoms with Gasteiger partial charge in [-0.05, 0) is 19.1 Å². The second kappa shape index (κ2) is 8.09. The van der Waals surface area contributed by atoms with E-state index in [-0.39, 0.29) is 37.1 Å². The molecule has 7 nitrogen and oxygen atoms in total. The molecule has 1 fully saturated rings. The number of nitrogens with one attached hydrogen (secondary N) is 2. The molecule has 1 aliphatic heterocycles. The molecule has 1 aliphatic rings. The van der Waals surface area contributed by atoms with Gasteiger partial charge in [-0.15, -0.1) is 11.3 Å². The van der Waals surface area contributed by atoms with Gasteiger partial charge in [-0.2, -0.15) is 0 Å². The lowest BCUT2D eigenvalue weighted by molar-refractivity contribution is -0.126. The third kappa shape index (κ3) is 4.45. The van der Waals surface area contributed by atoms with Crippen LogP contribution in [0.3, 0.4) is 0 Å². The van der Waals surface area contributed by atoms with Crippen molar-refractivity contribution < 1.29 is 14.4 Å². The molecule has 0 saturated carbocycles. The molecular weight excluding hydrogens is 352 g/mol. The molecule has 1 atom stereocenters. The lowest BCUT2D eigenvalue weighted by Gasteiger charge is -2.16. The standard InChI is InChI=1S/C18H20N4O3S/c1-12-11-26-18(20-12)21-15(23)7-8-19-17(25)13-9-16(24)22(10-13)14-5-3-2-4-6-14/h2-6,11,13H,7-10H2,1H3,(H,19,25)(H,20,21,23). The molecule has 8 heteroatoms. The van der Waals surface area contributed by atoms with Crippen LogP contribution in [0.5, 0.6) is 0 Å². The van der Waals surface area contributed by atoms with E-state index in [1.807, 2.05) is 42.6 Å². The van der Waals surface area contributed by atoms with Gasteiger partial charge in [0.1, 0.15) is 0 Å². The van der Waals surface area contributed by atoms with Gasteiger partial charge in [-0.1, -0.05) is 18.2 Å². The fourth-order valence-electron chi connectivity index (χ4n) is 2.78. The molecule has 3 rings (SSSR count). The number of nitrogens with zero attached hydrogens (tertiary/aromatic N) is 2. The van der Waals surface area contributed by atoms with Crippen molar-refractivity contribution in [3.63, 3.8) is 0 Å². The van der Waals surface area contributed by atoms with Gasteiger partial charge in [0, 0.05) is 37.0 Å². The summed E-state index contributed by atoms with van der Waals surface area (Å²) < 4.78 is 0. The number of para-hydroxylation sites is 1. The molecule has 1 aromatic heterocycles. The van der Waals surface area contributed by atoms with Crippen LogP contribution in [0.25, 0.3) is 0 Å². The van der Waals surface area contributed by atoms with E-state index in [0.717, 1.165) is 11.4 Å². The van der Waals surface area contributed by atoms with Crippen molar-refractivity contribution >= 4 is 39.9 Å². The normalized spacial score (nSPS) is 16.6. The molecule has 3 amide bonds. The summed E-state index contributed by atoms with van der Waals surface area (Å²) in [4.78, 5) is 42.1. The smallest absolute Gasteiger partial charge is 0.227 e. The van der Waals surface area contributed by atoms with Gasteiger partial charge in [0.25, 0.3) is 0 Å². The first-order chi connectivity index (χ1) is 12.5.